The van der Waals surface area contributed by atoms with Crippen molar-refractivity contribution in [2.75, 3.05) is 18.8 Å². The minimum atomic E-state index is 0.0764. The number of hydrogen-bond acceptors (Lipinski definition) is 4. The van der Waals surface area contributed by atoms with E-state index >= 15 is 0 Å². The van der Waals surface area contributed by atoms with Gasteiger partial charge in [0.1, 0.15) is 5.69 Å². The Morgan fingerprint density at radius 1 is 1.27 bits per heavy atom. The zero-order chi connectivity index (χ0) is 17.9. The van der Waals surface area contributed by atoms with Gasteiger partial charge in [0, 0.05) is 30.6 Å². The molecule has 26 heavy (non-hydrogen) atoms. The van der Waals surface area contributed by atoms with Crippen LogP contribution in [0.5, 0.6) is 0 Å². The van der Waals surface area contributed by atoms with Crippen LogP contribution in [0, 0.1) is 6.92 Å². The molecule has 0 radical (unpaired) electrons. The molecule has 0 bridgehead atoms. The molecular weight excluding hydrogens is 346 g/mol. The van der Waals surface area contributed by atoms with Gasteiger partial charge in [0.15, 0.2) is 5.17 Å². The van der Waals surface area contributed by atoms with E-state index in [0.29, 0.717) is 11.4 Å². The molecule has 2 aliphatic rings. The number of hydrogen-bond donors (Lipinski definition) is 2. The molecule has 6 nitrogen and oxygen atoms in total. The number of hydrazone groups is 1. The Morgan fingerprint density at radius 3 is 2.85 bits per heavy atom. The molecule has 2 aromatic rings. The molecule has 4 rings (SSSR count). The molecule has 0 unspecified atom stereocenters. The fraction of sp³-hybridized carbons (Fsp3) is 0.316. The molecule has 3 heterocycles. The molecule has 0 aliphatic carbocycles. The maximum atomic E-state index is 12.4. The predicted octanol–water partition coefficient (Wildman–Crippen LogP) is 3.29. The average Bonchev–Trinajstić information content (AvgIpc) is 3.34. The standard InChI is InChI=1S/C19H21N5OS/c1-13-5-4-6-15(9-13)21-19-23-22-17(12-26-19)14-10-16(20-11-14)18(25)24-7-2-3-8-24/h4-6,9-11,20H,2-3,7-8,12H2,1H3,(H,21,23). The number of nitrogens with one attached hydrogen (secondary N) is 2. The van der Waals surface area contributed by atoms with E-state index < -0.39 is 0 Å². The van der Waals surface area contributed by atoms with Gasteiger partial charge in [0.25, 0.3) is 5.91 Å². The molecule has 1 saturated heterocycles. The third kappa shape index (κ3) is 3.67. The number of aliphatic imine (C=N–C) groups is 1. The van der Waals surface area contributed by atoms with E-state index in [1.807, 2.05) is 48.4 Å². The number of H-pyrrole nitrogens is 1. The maximum absolute atomic E-state index is 12.4. The molecule has 1 aromatic heterocycles. The van der Waals surface area contributed by atoms with Gasteiger partial charge >= 0.3 is 0 Å². The summed E-state index contributed by atoms with van der Waals surface area (Å²) in [5, 5.41) is 5.22. The van der Waals surface area contributed by atoms with Gasteiger partial charge in [-0.3, -0.25) is 10.2 Å². The Morgan fingerprint density at radius 2 is 2.12 bits per heavy atom. The lowest BCUT2D eigenvalue weighted by molar-refractivity contribution is 0.0787. The first kappa shape index (κ1) is 16.9. The summed E-state index contributed by atoms with van der Waals surface area (Å²) < 4.78 is 0. The van der Waals surface area contributed by atoms with Crippen LogP contribution in [0.3, 0.4) is 0 Å². The van der Waals surface area contributed by atoms with Crippen molar-refractivity contribution in [3.8, 4) is 0 Å². The summed E-state index contributed by atoms with van der Waals surface area (Å²) in [7, 11) is 0. The van der Waals surface area contributed by atoms with Gasteiger partial charge in [-0.25, -0.2) is 4.99 Å². The second kappa shape index (κ2) is 7.37. The fourth-order valence-electron chi connectivity index (χ4n) is 3.11. The third-order valence-corrected chi connectivity index (χ3v) is 5.38. The quantitative estimate of drug-likeness (QED) is 0.874. The molecule has 134 valence electrons. The highest BCUT2D eigenvalue weighted by atomic mass is 32.2. The second-order valence-corrected chi connectivity index (χ2v) is 7.48. The molecule has 0 saturated carbocycles. The van der Waals surface area contributed by atoms with E-state index in [9.17, 15) is 4.79 Å². The molecule has 1 amide bonds. The first-order valence-electron chi connectivity index (χ1n) is 8.78. The van der Waals surface area contributed by atoms with Crippen molar-refractivity contribution < 1.29 is 4.79 Å². The SMILES string of the molecule is Cc1cccc(N=C2NN=C(c3c[nH]c(C(=O)N4CCCC4)c3)CS2)c1. The number of amides is 1. The van der Waals surface area contributed by atoms with Crippen molar-refractivity contribution in [2.24, 2.45) is 10.1 Å². The van der Waals surface area contributed by atoms with Crippen LogP contribution >= 0.6 is 11.8 Å². The molecule has 2 aliphatic heterocycles. The summed E-state index contributed by atoms with van der Waals surface area (Å²) in [6, 6.07) is 9.95. The lowest BCUT2D eigenvalue weighted by atomic mass is 10.2. The Labute approximate surface area is 156 Å². The number of nitrogens with zero attached hydrogens (tertiary/aromatic N) is 3. The minimum Gasteiger partial charge on any atom is -0.357 e. The zero-order valence-corrected chi connectivity index (χ0v) is 15.5. The largest absolute Gasteiger partial charge is 0.357 e. The lowest BCUT2D eigenvalue weighted by Gasteiger charge is -2.14. The van der Waals surface area contributed by atoms with Crippen LogP contribution in [0.2, 0.25) is 0 Å². The number of thioether (sulfide) groups is 1. The van der Waals surface area contributed by atoms with Crippen molar-refractivity contribution in [2.45, 2.75) is 19.8 Å². The van der Waals surface area contributed by atoms with E-state index in [-0.39, 0.29) is 5.91 Å². The number of rotatable bonds is 3. The summed E-state index contributed by atoms with van der Waals surface area (Å²) in [6.45, 7) is 3.75. The molecule has 1 fully saturated rings. The lowest BCUT2D eigenvalue weighted by Crippen LogP contribution is -2.27. The van der Waals surface area contributed by atoms with Crippen molar-refractivity contribution >= 4 is 34.2 Å². The molecule has 0 spiro atoms. The summed E-state index contributed by atoms with van der Waals surface area (Å²) in [6.07, 6.45) is 4.04. The van der Waals surface area contributed by atoms with Gasteiger partial charge < -0.3 is 9.88 Å². The molecule has 0 atom stereocenters. The number of carbonyl (C=O) groups excluding carboxylic acids is 1. The van der Waals surface area contributed by atoms with Crippen LogP contribution in [0.15, 0.2) is 46.6 Å². The molecule has 2 N–H and O–H groups in total. The van der Waals surface area contributed by atoms with Crippen molar-refractivity contribution in [1.82, 2.24) is 15.3 Å². The van der Waals surface area contributed by atoms with Gasteiger partial charge in [0.2, 0.25) is 0 Å². The molecular formula is C19H21N5OS. The zero-order valence-electron chi connectivity index (χ0n) is 14.7. The highest BCUT2D eigenvalue weighted by Gasteiger charge is 2.22. The van der Waals surface area contributed by atoms with Gasteiger partial charge in [-0.15, -0.1) is 0 Å². The number of likely N-dealkylation sites (tertiary alicyclic amines) is 1. The van der Waals surface area contributed by atoms with E-state index in [2.05, 4.69) is 20.5 Å². The third-order valence-electron chi connectivity index (χ3n) is 4.50. The van der Waals surface area contributed by atoms with E-state index in [4.69, 9.17) is 0 Å². The number of carbonyl (C=O) groups is 1. The van der Waals surface area contributed by atoms with Crippen LogP contribution < -0.4 is 5.43 Å². The van der Waals surface area contributed by atoms with Crippen molar-refractivity contribution in [3.05, 3.63) is 53.3 Å². The highest BCUT2D eigenvalue weighted by Crippen LogP contribution is 2.20. The van der Waals surface area contributed by atoms with E-state index in [0.717, 1.165) is 48.1 Å². The second-order valence-electron chi connectivity index (χ2n) is 6.52. The molecule has 1 aromatic carbocycles. The topological polar surface area (TPSA) is 72.8 Å². The Kier molecular flexibility index (Phi) is 4.79. The van der Waals surface area contributed by atoms with E-state index in [1.165, 1.54) is 5.56 Å². The van der Waals surface area contributed by atoms with Gasteiger partial charge in [-0.2, -0.15) is 5.10 Å². The number of amidine groups is 1. The van der Waals surface area contributed by atoms with Crippen LogP contribution in [0.1, 0.15) is 34.5 Å². The Bertz CT molecular complexity index is 880. The summed E-state index contributed by atoms with van der Waals surface area (Å²) in [5.41, 5.74) is 7.61. The monoisotopic (exact) mass is 367 g/mol. The minimum absolute atomic E-state index is 0.0764. The smallest absolute Gasteiger partial charge is 0.270 e. The number of aromatic amines is 1. The first-order valence-corrected chi connectivity index (χ1v) is 9.76. The van der Waals surface area contributed by atoms with Crippen molar-refractivity contribution in [1.29, 1.82) is 0 Å². The summed E-state index contributed by atoms with van der Waals surface area (Å²) in [5.74, 6) is 0.791. The normalized spacial score (nSPS) is 18.7. The summed E-state index contributed by atoms with van der Waals surface area (Å²) in [4.78, 5) is 22.0. The first-order chi connectivity index (χ1) is 12.7. The number of benzene rings is 1. The molecule has 7 heteroatoms. The van der Waals surface area contributed by atoms with Crippen LogP contribution in [0.4, 0.5) is 5.69 Å². The Balaban J connectivity index is 1.45. The number of aromatic nitrogens is 1. The van der Waals surface area contributed by atoms with Gasteiger partial charge in [0.05, 0.1) is 11.4 Å². The van der Waals surface area contributed by atoms with Gasteiger partial charge in [-0.1, -0.05) is 23.9 Å². The summed E-state index contributed by atoms with van der Waals surface area (Å²) >= 11 is 1.61. The Hall–Kier alpha value is -2.54. The maximum Gasteiger partial charge on any atom is 0.270 e. The van der Waals surface area contributed by atoms with Crippen LogP contribution in [0.25, 0.3) is 0 Å². The van der Waals surface area contributed by atoms with Gasteiger partial charge in [-0.05, 0) is 43.5 Å². The van der Waals surface area contributed by atoms with Crippen molar-refractivity contribution in [3.63, 3.8) is 0 Å². The highest BCUT2D eigenvalue weighted by molar-refractivity contribution is 8.14. The average molecular weight is 367 g/mol. The predicted molar refractivity (Wildman–Crippen MR) is 106 cm³/mol. The number of aryl methyl sites for hydroxylation is 1. The van der Waals surface area contributed by atoms with Crippen LogP contribution in [-0.2, 0) is 0 Å². The fourth-order valence-corrected chi connectivity index (χ4v) is 3.90. The van der Waals surface area contributed by atoms with E-state index in [1.54, 1.807) is 11.8 Å². The van der Waals surface area contributed by atoms with Crippen LogP contribution in [-0.4, -0.2) is 45.5 Å².